The molecule has 4 rings (SSSR count). The number of aryl methyl sites for hydroxylation is 2. The maximum absolute atomic E-state index is 14.8. The van der Waals surface area contributed by atoms with E-state index in [2.05, 4.69) is 20.3 Å². The van der Waals surface area contributed by atoms with E-state index in [9.17, 15) is 45.2 Å². The molecule has 0 spiro atoms. The Bertz CT molecular complexity index is 1450. The molecule has 3 aromatic rings. The SMILES string of the molecule is Cc1cc(F)c(-c2cnn(-c3c(OC(F)F)c(C(F)(F)C(F)(F)F)nn3C)c2)cc1C(=O)NC1(C#N)CC1. The van der Waals surface area contributed by atoms with E-state index in [1.807, 2.05) is 6.07 Å². The Balaban J connectivity index is 1.78. The maximum atomic E-state index is 14.8. The fraction of sp³-hybridized carbons (Fsp3) is 0.364. The minimum Gasteiger partial charge on any atom is -0.428 e. The first kappa shape index (κ1) is 26.9. The Morgan fingerprint density at radius 1 is 1.24 bits per heavy atom. The summed E-state index contributed by atoms with van der Waals surface area (Å²) in [7, 11) is 0.892. The van der Waals surface area contributed by atoms with Crippen LogP contribution in [0.4, 0.5) is 35.1 Å². The number of alkyl halides is 7. The zero-order valence-electron chi connectivity index (χ0n) is 19.4. The van der Waals surface area contributed by atoms with E-state index in [0.29, 0.717) is 22.2 Å². The summed E-state index contributed by atoms with van der Waals surface area (Å²) >= 11 is 0. The van der Waals surface area contributed by atoms with Crippen molar-refractivity contribution >= 4 is 5.91 Å². The summed E-state index contributed by atoms with van der Waals surface area (Å²) in [6, 6.07) is 4.14. The highest BCUT2D eigenvalue weighted by molar-refractivity contribution is 5.98. The first-order chi connectivity index (χ1) is 17.6. The lowest BCUT2D eigenvalue weighted by molar-refractivity contribution is -0.291. The molecule has 0 saturated heterocycles. The van der Waals surface area contributed by atoms with Gasteiger partial charge in [-0.3, -0.25) is 4.79 Å². The number of nitriles is 1. The van der Waals surface area contributed by atoms with Crippen LogP contribution in [0.25, 0.3) is 16.9 Å². The molecular formula is C22H16F8N6O2. The molecule has 0 aliphatic heterocycles. The molecule has 1 aliphatic rings. The Morgan fingerprint density at radius 2 is 1.89 bits per heavy atom. The highest BCUT2D eigenvalue weighted by atomic mass is 19.4. The molecule has 2 aromatic heterocycles. The number of aromatic nitrogens is 4. The van der Waals surface area contributed by atoms with Gasteiger partial charge in [0.15, 0.2) is 17.3 Å². The van der Waals surface area contributed by atoms with Crippen LogP contribution in [0.2, 0.25) is 0 Å². The highest BCUT2D eigenvalue weighted by Gasteiger charge is 2.62. The molecule has 0 radical (unpaired) electrons. The molecule has 1 aromatic carbocycles. The van der Waals surface area contributed by atoms with Gasteiger partial charge in [0.25, 0.3) is 5.91 Å². The number of benzene rings is 1. The molecule has 1 aliphatic carbocycles. The van der Waals surface area contributed by atoms with Gasteiger partial charge in [0.2, 0.25) is 0 Å². The van der Waals surface area contributed by atoms with Crippen LogP contribution in [0.3, 0.4) is 0 Å². The molecule has 38 heavy (non-hydrogen) atoms. The van der Waals surface area contributed by atoms with Crippen LogP contribution in [0.5, 0.6) is 5.75 Å². The van der Waals surface area contributed by atoms with Crippen molar-refractivity contribution in [2.24, 2.45) is 7.05 Å². The van der Waals surface area contributed by atoms with E-state index in [1.54, 1.807) is 0 Å². The van der Waals surface area contributed by atoms with E-state index in [0.717, 1.165) is 31.6 Å². The van der Waals surface area contributed by atoms with Crippen LogP contribution >= 0.6 is 0 Å². The van der Waals surface area contributed by atoms with Gasteiger partial charge in [-0.05, 0) is 37.5 Å². The summed E-state index contributed by atoms with van der Waals surface area (Å²) in [5, 5.41) is 18.6. The predicted molar refractivity (Wildman–Crippen MR) is 112 cm³/mol. The molecule has 0 atom stereocenters. The second-order valence-corrected chi connectivity index (χ2v) is 8.54. The fourth-order valence-corrected chi connectivity index (χ4v) is 3.68. The number of hydrogen-bond acceptors (Lipinski definition) is 5. The number of carbonyl (C=O) groups excluding carboxylic acids is 1. The normalized spacial score (nSPS) is 14.9. The molecule has 1 saturated carbocycles. The van der Waals surface area contributed by atoms with Gasteiger partial charge in [-0.1, -0.05) is 0 Å². The first-order valence-corrected chi connectivity index (χ1v) is 10.7. The van der Waals surface area contributed by atoms with Crippen molar-refractivity contribution in [1.82, 2.24) is 24.9 Å². The Morgan fingerprint density at radius 3 is 2.45 bits per heavy atom. The standard InChI is InChI=1S/C22H16F8N6O2/c1-10-5-14(23)13(6-12(10)17(37)33-20(9-31)3-4-20)11-7-32-36(8-11)18-15(38-19(24)25)16(34-35(18)2)21(26,27)22(28,29)30/h5-8,19H,3-4H2,1-2H3,(H,33,37). The van der Waals surface area contributed by atoms with Gasteiger partial charge in [-0.2, -0.15) is 46.2 Å². The Labute approximate surface area is 208 Å². The van der Waals surface area contributed by atoms with Gasteiger partial charge in [-0.15, -0.1) is 0 Å². The third kappa shape index (κ3) is 4.63. The quantitative estimate of drug-likeness (QED) is 0.430. The minimum absolute atomic E-state index is 0.00466. The van der Waals surface area contributed by atoms with E-state index >= 15 is 0 Å². The molecular weight excluding hydrogens is 532 g/mol. The lowest BCUT2D eigenvalue weighted by atomic mass is 10.00. The third-order valence-electron chi connectivity index (χ3n) is 5.82. The predicted octanol–water partition coefficient (Wildman–Crippen LogP) is 4.76. The highest BCUT2D eigenvalue weighted by Crippen LogP contribution is 2.48. The first-order valence-electron chi connectivity index (χ1n) is 10.7. The van der Waals surface area contributed by atoms with E-state index in [-0.39, 0.29) is 22.3 Å². The Kier molecular flexibility index (Phi) is 6.36. The zero-order valence-corrected chi connectivity index (χ0v) is 19.4. The molecule has 0 unspecified atom stereocenters. The van der Waals surface area contributed by atoms with E-state index in [4.69, 9.17) is 0 Å². The topological polar surface area (TPSA) is 97.8 Å². The van der Waals surface area contributed by atoms with Crippen LogP contribution in [0, 0.1) is 24.1 Å². The number of carbonyl (C=O) groups is 1. The zero-order chi connectivity index (χ0) is 28.2. The van der Waals surface area contributed by atoms with Crippen LogP contribution < -0.4 is 10.1 Å². The lowest BCUT2D eigenvalue weighted by Gasteiger charge is -2.18. The van der Waals surface area contributed by atoms with Gasteiger partial charge in [0, 0.05) is 29.9 Å². The summed E-state index contributed by atoms with van der Waals surface area (Å²) in [4.78, 5) is 12.7. The summed E-state index contributed by atoms with van der Waals surface area (Å²) in [6.45, 7) is -2.35. The molecule has 8 nitrogen and oxygen atoms in total. The summed E-state index contributed by atoms with van der Waals surface area (Å²) in [5.41, 5.74) is -3.22. The summed E-state index contributed by atoms with van der Waals surface area (Å²) < 4.78 is 113. The number of rotatable bonds is 7. The van der Waals surface area contributed by atoms with Crippen molar-refractivity contribution in [2.45, 2.75) is 44.0 Å². The number of amides is 1. The number of ether oxygens (including phenoxy) is 1. The van der Waals surface area contributed by atoms with Crippen molar-refractivity contribution in [1.29, 1.82) is 5.26 Å². The molecule has 1 amide bonds. The molecule has 2 heterocycles. The van der Waals surface area contributed by atoms with Crippen molar-refractivity contribution in [3.63, 3.8) is 0 Å². The number of hydrogen-bond donors (Lipinski definition) is 1. The number of nitrogens with zero attached hydrogens (tertiary/aromatic N) is 5. The van der Waals surface area contributed by atoms with Crippen molar-refractivity contribution in [3.8, 4) is 28.8 Å². The smallest absolute Gasteiger partial charge is 0.428 e. The van der Waals surface area contributed by atoms with Crippen molar-refractivity contribution in [2.75, 3.05) is 0 Å². The molecule has 1 fully saturated rings. The number of halogens is 8. The van der Waals surface area contributed by atoms with Crippen molar-refractivity contribution < 1.29 is 44.7 Å². The lowest BCUT2D eigenvalue weighted by Crippen LogP contribution is -2.36. The monoisotopic (exact) mass is 548 g/mol. The van der Waals surface area contributed by atoms with Crippen LogP contribution in [0.15, 0.2) is 24.5 Å². The average Bonchev–Trinajstić information content (AvgIpc) is 3.27. The molecule has 0 bridgehead atoms. The summed E-state index contributed by atoms with van der Waals surface area (Å²) in [5.74, 6) is -9.58. The van der Waals surface area contributed by atoms with Crippen LogP contribution in [-0.2, 0) is 13.0 Å². The van der Waals surface area contributed by atoms with Gasteiger partial charge in [0.05, 0.1) is 12.3 Å². The molecule has 16 heteroatoms. The van der Waals surface area contributed by atoms with Crippen LogP contribution in [0.1, 0.15) is 34.5 Å². The fourth-order valence-electron chi connectivity index (χ4n) is 3.68. The summed E-state index contributed by atoms with van der Waals surface area (Å²) in [6.07, 6.45) is -3.39. The largest absolute Gasteiger partial charge is 0.459 e. The van der Waals surface area contributed by atoms with E-state index < -0.39 is 53.2 Å². The van der Waals surface area contributed by atoms with Gasteiger partial charge < -0.3 is 10.1 Å². The Hall–Kier alpha value is -4.16. The van der Waals surface area contributed by atoms with Gasteiger partial charge >= 0.3 is 18.7 Å². The second kappa shape index (κ2) is 8.99. The number of nitrogens with one attached hydrogen (secondary N) is 1. The van der Waals surface area contributed by atoms with Gasteiger partial charge in [0.1, 0.15) is 11.4 Å². The minimum atomic E-state index is -6.18. The maximum Gasteiger partial charge on any atom is 0.459 e. The van der Waals surface area contributed by atoms with Crippen molar-refractivity contribution in [3.05, 3.63) is 47.2 Å². The molecule has 1 N–H and O–H groups in total. The average molecular weight is 548 g/mol. The third-order valence-corrected chi connectivity index (χ3v) is 5.82. The second-order valence-electron chi connectivity index (χ2n) is 8.54. The van der Waals surface area contributed by atoms with Gasteiger partial charge in [-0.25, -0.2) is 13.8 Å². The van der Waals surface area contributed by atoms with E-state index in [1.165, 1.54) is 6.92 Å². The molecule has 202 valence electrons. The van der Waals surface area contributed by atoms with Crippen LogP contribution in [-0.4, -0.2) is 43.8 Å².